The molecule has 3 nitrogen and oxygen atoms in total. The number of carbonyl (C=O) groups is 1. The van der Waals surface area contributed by atoms with Gasteiger partial charge in [-0.3, -0.25) is 4.79 Å². The van der Waals surface area contributed by atoms with Gasteiger partial charge in [-0.05, 0) is 56.5 Å². The van der Waals surface area contributed by atoms with Crippen LogP contribution in [0.15, 0.2) is 0 Å². The van der Waals surface area contributed by atoms with Crippen molar-refractivity contribution < 1.29 is 4.79 Å². The number of hydrogen-bond acceptors (Lipinski definition) is 2. The van der Waals surface area contributed by atoms with Gasteiger partial charge in [0.15, 0.2) is 0 Å². The molecule has 2 atom stereocenters. The van der Waals surface area contributed by atoms with Gasteiger partial charge in [0.25, 0.3) is 0 Å². The Bertz CT molecular complexity index is 280. The molecule has 4 heteroatoms. The second kappa shape index (κ2) is 6.25. The van der Waals surface area contributed by atoms with Gasteiger partial charge in [-0.2, -0.15) is 0 Å². The van der Waals surface area contributed by atoms with Crippen molar-refractivity contribution in [2.45, 2.75) is 38.5 Å². The van der Waals surface area contributed by atoms with E-state index in [1.54, 1.807) is 0 Å². The number of halogens is 1. The maximum Gasteiger partial charge on any atom is 0.222 e. The van der Waals surface area contributed by atoms with E-state index in [1.807, 2.05) is 0 Å². The molecule has 2 heterocycles. The Labute approximate surface area is 116 Å². The van der Waals surface area contributed by atoms with E-state index in [0.717, 1.165) is 44.4 Å². The van der Waals surface area contributed by atoms with Gasteiger partial charge in [-0.25, -0.2) is 0 Å². The Kier molecular flexibility index (Phi) is 4.91. The zero-order valence-electron chi connectivity index (χ0n) is 11.1. The highest BCUT2D eigenvalue weighted by Gasteiger charge is 2.38. The molecule has 2 aliphatic heterocycles. The van der Waals surface area contributed by atoms with Crippen molar-refractivity contribution in [1.82, 2.24) is 10.2 Å². The molecule has 1 aliphatic carbocycles. The average molecular weight is 273 g/mol. The van der Waals surface area contributed by atoms with Crippen LogP contribution in [0.1, 0.15) is 38.5 Å². The molecule has 1 N–H and O–H groups in total. The largest absolute Gasteiger partial charge is 0.342 e. The lowest BCUT2D eigenvalue weighted by atomic mass is 9.94. The van der Waals surface area contributed by atoms with Crippen LogP contribution >= 0.6 is 12.4 Å². The second-order valence-corrected chi connectivity index (χ2v) is 6.15. The molecule has 3 rings (SSSR count). The molecule has 1 amide bonds. The van der Waals surface area contributed by atoms with Gasteiger partial charge >= 0.3 is 0 Å². The van der Waals surface area contributed by atoms with Crippen LogP contribution in [0, 0.1) is 17.8 Å². The zero-order chi connectivity index (χ0) is 11.7. The van der Waals surface area contributed by atoms with E-state index in [-0.39, 0.29) is 12.4 Å². The van der Waals surface area contributed by atoms with Gasteiger partial charge < -0.3 is 10.2 Å². The third-order valence-corrected chi connectivity index (χ3v) is 5.00. The molecule has 0 bridgehead atoms. The number of rotatable bonds is 2. The van der Waals surface area contributed by atoms with Crippen LogP contribution in [0.4, 0.5) is 0 Å². The maximum atomic E-state index is 12.3. The number of carbonyl (C=O) groups excluding carboxylic acids is 1. The van der Waals surface area contributed by atoms with Crippen molar-refractivity contribution in [2.75, 3.05) is 26.2 Å². The van der Waals surface area contributed by atoms with E-state index >= 15 is 0 Å². The maximum absolute atomic E-state index is 12.3. The van der Waals surface area contributed by atoms with Crippen LogP contribution in [0.5, 0.6) is 0 Å². The topological polar surface area (TPSA) is 32.3 Å². The first kappa shape index (κ1) is 14.1. The normalized spacial score (nSPS) is 32.1. The number of hydrogen-bond donors (Lipinski definition) is 1. The molecular weight excluding hydrogens is 248 g/mol. The summed E-state index contributed by atoms with van der Waals surface area (Å²) in [5.41, 5.74) is 0. The zero-order valence-corrected chi connectivity index (χ0v) is 11.9. The minimum Gasteiger partial charge on any atom is -0.342 e. The summed E-state index contributed by atoms with van der Waals surface area (Å²) in [6, 6.07) is 0. The van der Waals surface area contributed by atoms with E-state index in [0.29, 0.717) is 11.8 Å². The fourth-order valence-electron chi connectivity index (χ4n) is 3.90. The summed E-state index contributed by atoms with van der Waals surface area (Å²) in [6.45, 7) is 4.33. The number of fused-ring (bicyclic) bond motifs is 1. The van der Waals surface area contributed by atoms with E-state index in [1.165, 1.54) is 32.1 Å². The molecule has 3 aliphatic rings. The van der Waals surface area contributed by atoms with E-state index < -0.39 is 0 Å². The second-order valence-electron chi connectivity index (χ2n) is 6.15. The monoisotopic (exact) mass is 272 g/mol. The van der Waals surface area contributed by atoms with Gasteiger partial charge in [-0.15, -0.1) is 12.4 Å². The Morgan fingerprint density at radius 1 is 1.06 bits per heavy atom. The summed E-state index contributed by atoms with van der Waals surface area (Å²) >= 11 is 0. The van der Waals surface area contributed by atoms with Crippen LogP contribution in [-0.2, 0) is 4.79 Å². The van der Waals surface area contributed by atoms with E-state index in [9.17, 15) is 4.79 Å². The first-order chi connectivity index (χ1) is 8.33. The van der Waals surface area contributed by atoms with Crippen molar-refractivity contribution in [2.24, 2.45) is 17.8 Å². The molecule has 0 aromatic heterocycles. The summed E-state index contributed by atoms with van der Waals surface area (Å²) in [6.07, 6.45) is 7.30. The number of nitrogens with one attached hydrogen (secondary N) is 1. The lowest BCUT2D eigenvalue weighted by molar-refractivity contribution is -0.131. The number of likely N-dealkylation sites (tertiary alicyclic amines) is 1. The van der Waals surface area contributed by atoms with Crippen molar-refractivity contribution in [3.8, 4) is 0 Å². The van der Waals surface area contributed by atoms with Crippen LogP contribution in [0.2, 0.25) is 0 Å². The Morgan fingerprint density at radius 3 is 2.28 bits per heavy atom. The van der Waals surface area contributed by atoms with E-state index in [2.05, 4.69) is 10.2 Å². The van der Waals surface area contributed by atoms with Crippen LogP contribution < -0.4 is 5.32 Å². The highest BCUT2D eigenvalue weighted by Crippen LogP contribution is 2.38. The molecule has 18 heavy (non-hydrogen) atoms. The highest BCUT2D eigenvalue weighted by atomic mass is 35.5. The molecule has 1 saturated carbocycles. The Morgan fingerprint density at radius 2 is 1.67 bits per heavy atom. The SMILES string of the molecule is Cl.O=C(CC1CCNCC1)N1CC2CCCC2C1. The summed E-state index contributed by atoms with van der Waals surface area (Å²) in [4.78, 5) is 14.4. The predicted molar refractivity (Wildman–Crippen MR) is 74.9 cm³/mol. The quantitative estimate of drug-likeness (QED) is 0.835. The summed E-state index contributed by atoms with van der Waals surface area (Å²) < 4.78 is 0. The lowest BCUT2D eigenvalue weighted by Crippen LogP contribution is -2.34. The highest BCUT2D eigenvalue weighted by molar-refractivity contribution is 5.85. The summed E-state index contributed by atoms with van der Waals surface area (Å²) in [5.74, 6) is 2.76. The molecule has 3 fully saturated rings. The molecule has 0 aromatic carbocycles. The summed E-state index contributed by atoms with van der Waals surface area (Å²) in [7, 11) is 0. The minimum absolute atomic E-state index is 0. The lowest BCUT2D eigenvalue weighted by Gasteiger charge is -2.25. The van der Waals surface area contributed by atoms with Crippen molar-refractivity contribution in [3.05, 3.63) is 0 Å². The molecule has 104 valence electrons. The Balaban J connectivity index is 0.00000120. The first-order valence-electron chi connectivity index (χ1n) is 7.31. The van der Waals surface area contributed by atoms with Crippen molar-refractivity contribution >= 4 is 18.3 Å². The average Bonchev–Trinajstić information content (AvgIpc) is 2.90. The number of amides is 1. The van der Waals surface area contributed by atoms with Gasteiger partial charge in [-0.1, -0.05) is 6.42 Å². The molecular formula is C14H25ClN2O. The van der Waals surface area contributed by atoms with Crippen LogP contribution in [0.25, 0.3) is 0 Å². The van der Waals surface area contributed by atoms with Crippen molar-refractivity contribution in [1.29, 1.82) is 0 Å². The third-order valence-electron chi connectivity index (χ3n) is 5.00. The number of nitrogens with zero attached hydrogens (tertiary/aromatic N) is 1. The standard InChI is InChI=1S/C14H24N2O.ClH/c17-14(8-11-4-6-15-7-5-11)16-9-12-2-1-3-13(12)10-16;/h11-13,15H,1-10H2;1H. The van der Waals surface area contributed by atoms with Gasteiger partial charge in [0.2, 0.25) is 5.91 Å². The molecule has 2 unspecified atom stereocenters. The van der Waals surface area contributed by atoms with Crippen LogP contribution in [-0.4, -0.2) is 37.0 Å². The first-order valence-corrected chi connectivity index (χ1v) is 7.31. The van der Waals surface area contributed by atoms with Gasteiger partial charge in [0.05, 0.1) is 0 Å². The minimum atomic E-state index is 0. The summed E-state index contributed by atoms with van der Waals surface area (Å²) in [5, 5.41) is 3.36. The molecule has 0 spiro atoms. The fraction of sp³-hybridized carbons (Fsp3) is 0.929. The van der Waals surface area contributed by atoms with Gasteiger partial charge in [0, 0.05) is 19.5 Å². The molecule has 2 saturated heterocycles. The fourth-order valence-corrected chi connectivity index (χ4v) is 3.90. The third kappa shape index (κ3) is 3.00. The predicted octanol–water partition coefficient (Wildman–Crippen LogP) is 2.06. The molecule has 0 aromatic rings. The van der Waals surface area contributed by atoms with Gasteiger partial charge in [0.1, 0.15) is 0 Å². The smallest absolute Gasteiger partial charge is 0.222 e. The van der Waals surface area contributed by atoms with Crippen LogP contribution in [0.3, 0.4) is 0 Å². The molecule has 0 radical (unpaired) electrons. The Hall–Kier alpha value is -0.280. The number of piperidine rings is 1. The van der Waals surface area contributed by atoms with Crippen molar-refractivity contribution in [3.63, 3.8) is 0 Å². The van der Waals surface area contributed by atoms with E-state index in [4.69, 9.17) is 0 Å².